The maximum atomic E-state index is 9.74. The van der Waals surface area contributed by atoms with E-state index >= 15 is 0 Å². The molecular formula is C23H40O. The smallest absolute Gasteiger partial charge is 0.0626 e. The Morgan fingerprint density at radius 3 is 1.42 bits per heavy atom. The lowest BCUT2D eigenvalue weighted by atomic mass is 10.0. The van der Waals surface area contributed by atoms with Gasteiger partial charge < -0.3 is 5.11 Å². The summed E-state index contributed by atoms with van der Waals surface area (Å²) in [5.74, 6) is 0. The molecule has 0 saturated carbocycles. The average molecular weight is 333 g/mol. The van der Waals surface area contributed by atoms with Gasteiger partial charge in [0.2, 0.25) is 0 Å². The molecule has 0 rings (SSSR count). The molecule has 0 aromatic carbocycles. The average Bonchev–Trinajstić information content (AvgIpc) is 2.44. The molecule has 0 amide bonds. The highest BCUT2D eigenvalue weighted by molar-refractivity contribution is 5.07. The molecule has 0 aromatic rings. The van der Waals surface area contributed by atoms with Gasteiger partial charge in [-0.2, -0.15) is 0 Å². The molecule has 1 N–H and O–H groups in total. The van der Waals surface area contributed by atoms with E-state index in [-0.39, 0.29) is 0 Å². The molecule has 0 fully saturated rings. The first kappa shape index (κ1) is 22.9. The van der Waals surface area contributed by atoms with Crippen LogP contribution in [0.3, 0.4) is 0 Å². The van der Waals surface area contributed by atoms with E-state index in [9.17, 15) is 5.11 Å². The van der Waals surface area contributed by atoms with Crippen molar-refractivity contribution < 1.29 is 5.11 Å². The predicted molar refractivity (Wildman–Crippen MR) is 109 cm³/mol. The van der Waals surface area contributed by atoms with Crippen LogP contribution in [0.1, 0.15) is 93.4 Å². The van der Waals surface area contributed by atoms with E-state index in [1.54, 1.807) is 0 Å². The lowest BCUT2D eigenvalue weighted by Crippen LogP contribution is -2.16. The molecule has 0 aliphatic carbocycles. The molecule has 0 unspecified atom stereocenters. The van der Waals surface area contributed by atoms with E-state index in [1.165, 1.54) is 28.7 Å². The van der Waals surface area contributed by atoms with Crippen molar-refractivity contribution in [2.75, 3.05) is 0 Å². The second-order valence-electron chi connectivity index (χ2n) is 8.07. The molecule has 0 aromatic heterocycles. The standard InChI is InChI=1S/C23H40O/c1-19(2)11-8-12-20(3)13-9-14-21(4)15-10-16-22(5)17-18-23(6,7)24/h11,13,15,17,24H,8-10,12,14,16,18H2,1-7H3. The second kappa shape index (κ2) is 12.3. The molecule has 0 saturated heterocycles. The Balaban J connectivity index is 4.05. The molecule has 1 nitrogen and oxygen atoms in total. The fourth-order valence-corrected chi connectivity index (χ4v) is 2.41. The van der Waals surface area contributed by atoms with E-state index in [2.05, 4.69) is 58.9 Å². The number of hydrogen-bond acceptors (Lipinski definition) is 1. The van der Waals surface area contributed by atoms with E-state index in [1.807, 2.05) is 13.8 Å². The molecular weight excluding hydrogens is 292 g/mol. The Morgan fingerprint density at radius 1 is 0.667 bits per heavy atom. The van der Waals surface area contributed by atoms with Gasteiger partial charge in [0.15, 0.2) is 0 Å². The molecule has 0 spiro atoms. The van der Waals surface area contributed by atoms with Gasteiger partial charge >= 0.3 is 0 Å². The maximum Gasteiger partial charge on any atom is 0.0626 e. The summed E-state index contributed by atoms with van der Waals surface area (Å²) in [5, 5.41) is 9.74. The largest absolute Gasteiger partial charge is 0.390 e. The first-order valence-electron chi connectivity index (χ1n) is 9.43. The van der Waals surface area contributed by atoms with Crippen LogP contribution in [-0.2, 0) is 0 Å². The van der Waals surface area contributed by atoms with Gasteiger partial charge in [0, 0.05) is 0 Å². The fourth-order valence-electron chi connectivity index (χ4n) is 2.41. The third-order valence-corrected chi connectivity index (χ3v) is 4.10. The molecule has 138 valence electrons. The van der Waals surface area contributed by atoms with Crippen LogP contribution in [0, 0.1) is 0 Å². The lowest BCUT2D eigenvalue weighted by Gasteiger charge is -2.14. The second-order valence-corrected chi connectivity index (χ2v) is 8.07. The Kier molecular flexibility index (Phi) is 11.8. The maximum absolute atomic E-state index is 9.74. The molecule has 0 aliphatic heterocycles. The van der Waals surface area contributed by atoms with Crippen LogP contribution < -0.4 is 0 Å². The van der Waals surface area contributed by atoms with Crippen molar-refractivity contribution in [2.45, 2.75) is 99.0 Å². The monoisotopic (exact) mass is 332 g/mol. The zero-order valence-corrected chi connectivity index (χ0v) is 17.2. The summed E-state index contributed by atoms with van der Waals surface area (Å²) in [4.78, 5) is 0. The van der Waals surface area contributed by atoms with Gasteiger partial charge in [-0.15, -0.1) is 0 Å². The van der Waals surface area contributed by atoms with Crippen molar-refractivity contribution in [2.24, 2.45) is 0 Å². The van der Waals surface area contributed by atoms with Crippen LogP contribution in [0.25, 0.3) is 0 Å². The summed E-state index contributed by atoms with van der Waals surface area (Å²) in [6, 6.07) is 0. The fraction of sp³-hybridized carbons (Fsp3) is 0.652. The number of allylic oxidation sites excluding steroid dienone is 7. The SMILES string of the molecule is CC(C)=CCCC(C)=CCCC(C)=CCCC(C)=CCC(C)(C)O. The van der Waals surface area contributed by atoms with Gasteiger partial charge in [0.25, 0.3) is 0 Å². The third-order valence-electron chi connectivity index (χ3n) is 4.10. The van der Waals surface area contributed by atoms with Gasteiger partial charge in [-0.3, -0.25) is 0 Å². The normalized spacial score (nSPS) is 14.1. The molecule has 0 atom stereocenters. The first-order chi connectivity index (χ1) is 11.1. The minimum Gasteiger partial charge on any atom is -0.390 e. The molecule has 0 bridgehead atoms. The minimum atomic E-state index is -0.594. The van der Waals surface area contributed by atoms with Crippen LogP contribution in [-0.4, -0.2) is 10.7 Å². The van der Waals surface area contributed by atoms with E-state index in [0.29, 0.717) is 0 Å². The van der Waals surface area contributed by atoms with Gasteiger partial charge in [0.05, 0.1) is 5.60 Å². The van der Waals surface area contributed by atoms with Gasteiger partial charge in [-0.1, -0.05) is 46.6 Å². The van der Waals surface area contributed by atoms with E-state index < -0.39 is 5.60 Å². The first-order valence-corrected chi connectivity index (χ1v) is 9.43. The van der Waals surface area contributed by atoms with Crippen LogP contribution in [0.4, 0.5) is 0 Å². The Labute approximate surface area is 151 Å². The van der Waals surface area contributed by atoms with Crippen LogP contribution in [0.15, 0.2) is 46.6 Å². The summed E-state index contributed by atoms with van der Waals surface area (Å²) in [7, 11) is 0. The van der Waals surface area contributed by atoms with Gasteiger partial charge in [-0.05, 0) is 93.4 Å². The number of rotatable bonds is 11. The van der Waals surface area contributed by atoms with Crippen molar-refractivity contribution in [3.8, 4) is 0 Å². The minimum absolute atomic E-state index is 0.594. The number of hydrogen-bond donors (Lipinski definition) is 1. The van der Waals surface area contributed by atoms with Crippen LogP contribution in [0.5, 0.6) is 0 Å². The van der Waals surface area contributed by atoms with Crippen molar-refractivity contribution in [3.05, 3.63) is 46.6 Å². The number of aliphatic hydroxyl groups is 1. The summed E-state index contributed by atoms with van der Waals surface area (Å²) < 4.78 is 0. The summed E-state index contributed by atoms with van der Waals surface area (Å²) in [6.07, 6.45) is 16.8. The topological polar surface area (TPSA) is 20.2 Å². The van der Waals surface area contributed by atoms with E-state index in [4.69, 9.17) is 0 Å². The van der Waals surface area contributed by atoms with Crippen molar-refractivity contribution in [1.82, 2.24) is 0 Å². The molecule has 24 heavy (non-hydrogen) atoms. The molecule has 0 radical (unpaired) electrons. The summed E-state index contributed by atoms with van der Waals surface area (Å²) in [6.45, 7) is 14.7. The zero-order valence-electron chi connectivity index (χ0n) is 17.2. The highest BCUT2D eigenvalue weighted by atomic mass is 16.3. The summed E-state index contributed by atoms with van der Waals surface area (Å²) >= 11 is 0. The van der Waals surface area contributed by atoms with Crippen molar-refractivity contribution in [1.29, 1.82) is 0 Å². The highest BCUT2D eigenvalue weighted by Gasteiger charge is 2.09. The highest BCUT2D eigenvalue weighted by Crippen LogP contribution is 2.15. The van der Waals surface area contributed by atoms with Crippen LogP contribution in [0.2, 0.25) is 0 Å². The van der Waals surface area contributed by atoms with Crippen molar-refractivity contribution in [3.63, 3.8) is 0 Å². The van der Waals surface area contributed by atoms with Gasteiger partial charge in [-0.25, -0.2) is 0 Å². The Bertz CT molecular complexity index is 463. The molecule has 0 aliphatic rings. The quantitative estimate of drug-likeness (QED) is 0.394. The Hall–Kier alpha value is -1.08. The predicted octanol–water partition coefficient (Wildman–Crippen LogP) is 7.29. The zero-order chi connectivity index (χ0) is 18.6. The lowest BCUT2D eigenvalue weighted by molar-refractivity contribution is 0.0836. The van der Waals surface area contributed by atoms with Gasteiger partial charge in [0.1, 0.15) is 0 Å². The summed E-state index contributed by atoms with van der Waals surface area (Å²) in [5.41, 5.74) is 5.18. The van der Waals surface area contributed by atoms with Crippen molar-refractivity contribution >= 4 is 0 Å². The van der Waals surface area contributed by atoms with Crippen LogP contribution >= 0.6 is 0 Å². The molecule has 1 heteroatoms. The third kappa shape index (κ3) is 15.8. The molecule has 0 heterocycles. The van der Waals surface area contributed by atoms with E-state index in [0.717, 1.165) is 38.5 Å². The Morgan fingerprint density at radius 2 is 1.04 bits per heavy atom.